The van der Waals surface area contributed by atoms with E-state index in [1.54, 1.807) is 9.80 Å². The van der Waals surface area contributed by atoms with Crippen LogP contribution in [0.2, 0.25) is 0 Å². The van der Waals surface area contributed by atoms with Crippen LogP contribution in [0.1, 0.15) is 30.3 Å². The number of H-pyrrole nitrogens is 1. The van der Waals surface area contributed by atoms with Crippen molar-refractivity contribution < 1.29 is 9.59 Å². The number of carbonyl (C=O) groups is 2. The number of hydrogen-bond acceptors (Lipinski definition) is 4. The molecule has 25 heavy (non-hydrogen) atoms. The van der Waals surface area contributed by atoms with Crippen LogP contribution in [0.4, 0.5) is 0 Å². The van der Waals surface area contributed by atoms with Crippen LogP contribution in [0.15, 0.2) is 24.3 Å². The summed E-state index contributed by atoms with van der Waals surface area (Å²) in [5.74, 6) is 0.213. The lowest BCUT2D eigenvalue weighted by atomic mass is 9.95. The molecule has 0 radical (unpaired) electrons. The SMILES string of the molecule is CC(N)(C(=O)N1CCN(C(=O)c2n[nH]c3ccccc23)CC1)C1CC1. The van der Waals surface area contributed by atoms with Crippen LogP contribution in [-0.4, -0.2) is 63.5 Å². The maximum Gasteiger partial charge on any atom is 0.275 e. The number of para-hydroxylation sites is 1. The Balaban J connectivity index is 1.43. The van der Waals surface area contributed by atoms with E-state index in [-0.39, 0.29) is 11.8 Å². The second-order valence-electron chi connectivity index (χ2n) is 7.26. The lowest BCUT2D eigenvalue weighted by Crippen LogP contribution is -2.59. The topological polar surface area (TPSA) is 95.3 Å². The molecule has 1 saturated carbocycles. The number of aromatic nitrogens is 2. The second-order valence-corrected chi connectivity index (χ2v) is 7.26. The molecule has 7 heteroatoms. The molecule has 132 valence electrons. The fourth-order valence-electron chi connectivity index (χ4n) is 3.59. The molecular formula is C18H23N5O2. The van der Waals surface area contributed by atoms with E-state index in [9.17, 15) is 9.59 Å². The highest BCUT2D eigenvalue weighted by atomic mass is 16.2. The molecule has 7 nitrogen and oxygen atoms in total. The van der Waals surface area contributed by atoms with Crippen LogP contribution in [0.25, 0.3) is 10.9 Å². The van der Waals surface area contributed by atoms with Crippen molar-refractivity contribution in [3.05, 3.63) is 30.0 Å². The molecule has 4 rings (SSSR count). The molecule has 1 aromatic heterocycles. The number of hydrogen-bond donors (Lipinski definition) is 2. The van der Waals surface area contributed by atoms with Crippen molar-refractivity contribution in [1.29, 1.82) is 0 Å². The van der Waals surface area contributed by atoms with Crippen molar-refractivity contribution in [1.82, 2.24) is 20.0 Å². The van der Waals surface area contributed by atoms with Crippen molar-refractivity contribution in [2.75, 3.05) is 26.2 Å². The van der Waals surface area contributed by atoms with Crippen molar-refractivity contribution >= 4 is 22.7 Å². The third-order valence-electron chi connectivity index (χ3n) is 5.41. The van der Waals surface area contributed by atoms with Gasteiger partial charge in [-0.25, -0.2) is 0 Å². The van der Waals surface area contributed by atoms with Gasteiger partial charge in [0.05, 0.1) is 11.1 Å². The quantitative estimate of drug-likeness (QED) is 0.870. The van der Waals surface area contributed by atoms with Gasteiger partial charge in [-0.2, -0.15) is 5.10 Å². The van der Waals surface area contributed by atoms with Crippen LogP contribution in [0.3, 0.4) is 0 Å². The molecule has 2 fully saturated rings. The maximum atomic E-state index is 12.8. The largest absolute Gasteiger partial charge is 0.338 e. The Hall–Kier alpha value is -2.41. The molecule has 1 aliphatic carbocycles. The summed E-state index contributed by atoms with van der Waals surface area (Å²) >= 11 is 0. The predicted molar refractivity (Wildman–Crippen MR) is 93.9 cm³/mol. The van der Waals surface area contributed by atoms with Gasteiger partial charge in [-0.15, -0.1) is 0 Å². The number of benzene rings is 1. The van der Waals surface area contributed by atoms with Crippen molar-refractivity contribution in [3.63, 3.8) is 0 Å². The molecule has 1 aliphatic heterocycles. The number of aromatic amines is 1. The van der Waals surface area contributed by atoms with Gasteiger partial charge >= 0.3 is 0 Å². The summed E-state index contributed by atoms with van der Waals surface area (Å²) in [5.41, 5.74) is 6.76. The molecule has 1 atom stereocenters. The molecule has 3 N–H and O–H groups in total. The summed E-state index contributed by atoms with van der Waals surface area (Å²) in [6, 6.07) is 7.59. The molecular weight excluding hydrogens is 318 g/mol. The lowest BCUT2D eigenvalue weighted by molar-refractivity contribution is -0.138. The first-order chi connectivity index (χ1) is 12.0. The molecule has 1 saturated heterocycles. The van der Waals surface area contributed by atoms with Crippen molar-refractivity contribution in [2.24, 2.45) is 11.7 Å². The Morgan fingerprint density at radius 1 is 1.16 bits per heavy atom. The summed E-state index contributed by atoms with van der Waals surface area (Å²) < 4.78 is 0. The van der Waals surface area contributed by atoms with Crippen molar-refractivity contribution in [3.8, 4) is 0 Å². The number of fused-ring (bicyclic) bond motifs is 1. The lowest BCUT2D eigenvalue weighted by Gasteiger charge is -2.38. The fourth-order valence-corrected chi connectivity index (χ4v) is 3.59. The highest BCUT2D eigenvalue weighted by molar-refractivity contribution is 6.04. The first kappa shape index (κ1) is 16.1. The van der Waals surface area contributed by atoms with E-state index in [4.69, 9.17) is 5.73 Å². The average Bonchev–Trinajstić information content (AvgIpc) is 3.41. The summed E-state index contributed by atoms with van der Waals surface area (Å²) in [5, 5.41) is 7.90. The van der Waals surface area contributed by atoms with Gasteiger partial charge in [-0.05, 0) is 31.7 Å². The second kappa shape index (κ2) is 5.84. The van der Waals surface area contributed by atoms with Gasteiger partial charge in [0.1, 0.15) is 0 Å². The molecule has 2 heterocycles. The number of carbonyl (C=O) groups excluding carboxylic acids is 2. The van der Waals surface area contributed by atoms with Gasteiger partial charge in [-0.3, -0.25) is 14.7 Å². The smallest absolute Gasteiger partial charge is 0.275 e. The molecule has 2 amide bonds. The van der Waals surface area contributed by atoms with Gasteiger partial charge < -0.3 is 15.5 Å². The first-order valence-corrected chi connectivity index (χ1v) is 8.79. The fraction of sp³-hybridized carbons (Fsp3) is 0.500. The van der Waals surface area contributed by atoms with E-state index < -0.39 is 5.54 Å². The van der Waals surface area contributed by atoms with Gasteiger partial charge in [0.15, 0.2) is 5.69 Å². The third kappa shape index (κ3) is 2.78. The van der Waals surface area contributed by atoms with E-state index in [2.05, 4.69) is 10.2 Å². The van der Waals surface area contributed by atoms with Gasteiger partial charge in [0.2, 0.25) is 5.91 Å². The van der Waals surface area contributed by atoms with Gasteiger partial charge in [-0.1, -0.05) is 18.2 Å². The summed E-state index contributed by atoms with van der Waals surface area (Å²) in [4.78, 5) is 29.0. The number of nitrogens with zero attached hydrogens (tertiary/aromatic N) is 3. The number of nitrogens with two attached hydrogens (primary N) is 1. The predicted octanol–water partition coefficient (Wildman–Crippen LogP) is 0.975. The minimum Gasteiger partial charge on any atom is -0.338 e. The van der Waals surface area contributed by atoms with Gasteiger partial charge in [0.25, 0.3) is 5.91 Å². The zero-order valence-corrected chi connectivity index (χ0v) is 14.4. The Kier molecular flexibility index (Phi) is 3.76. The van der Waals surface area contributed by atoms with Crippen LogP contribution in [0, 0.1) is 5.92 Å². The molecule has 1 aromatic carbocycles. The Labute approximate surface area is 146 Å². The number of piperazine rings is 1. The van der Waals surface area contributed by atoms with Crippen LogP contribution >= 0.6 is 0 Å². The molecule has 0 spiro atoms. The van der Waals surface area contributed by atoms with Gasteiger partial charge in [0, 0.05) is 31.6 Å². The summed E-state index contributed by atoms with van der Waals surface area (Å²) in [6.07, 6.45) is 2.06. The third-order valence-corrected chi connectivity index (χ3v) is 5.41. The first-order valence-electron chi connectivity index (χ1n) is 8.79. The van der Waals surface area contributed by atoms with E-state index in [1.807, 2.05) is 31.2 Å². The molecule has 0 bridgehead atoms. The Morgan fingerprint density at radius 3 is 2.48 bits per heavy atom. The van der Waals surface area contributed by atoms with E-state index >= 15 is 0 Å². The maximum absolute atomic E-state index is 12.8. The zero-order chi connectivity index (χ0) is 17.6. The van der Waals surface area contributed by atoms with Crippen LogP contribution in [-0.2, 0) is 4.79 Å². The number of rotatable bonds is 3. The normalized spacial score (nSPS) is 20.6. The minimum atomic E-state index is -0.773. The van der Waals surface area contributed by atoms with Crippen LogP contribution < -0.4 is 5.73 Å². The van der Waals surface area contributed by atoms with Crippen LogP contribution in [0.5, 0.6) is 0 Å². The molecule has 1 unspecified atom stereocenters. The Bertz CT molecular complexity index is 816. The number of amides is 2. The van der Waals surface area contributed by atoms with E-state index in [0.717, 1.165) is 23.7 Å². The summed E-state index contributed by atoms with van der Waals surface area (Å²) in [6.45, 7) is 3.89. The molecule has 2 aromatic rings. The summed E-state index contributed by atoms with van der Waals surface area (Å²) in [7, 11) is 0. The standard InChI is InChI=1S/C18H23N5O2/c1-18(19,12-6-7-12)17(25)23-10-8-22(9-11-23)16(24)15-13-4-2-3-5-14(13)20-21-15/h2-5,12H,6-11,19H2,1H3,(H,20,21). The molecule has 2 aliphatic rings. The zero-order valence-electron chi connectivity index (χ0n) is 14.4. The highest BCUT2D eigenvalue weighted by Gasteiger charge is 2.46. The van der Waals surface area contributed by atoms with E-state index in [1.165, 1.54) is 0 Å². The van der Waals surface area contributed by atoms with Crippen molar-refractivity contribution in [2.45, 2.75) is 25.3 Å². The minimum absolute atomic E-state index is 0.00678. The average molecular weight is 341 g/mol. The highest BCUT2D eigenvalue weighted by Crippen LogP contribution is 2.39. The monoisotopic (exact) mass is 341 g/mol. The Morgan fingerprint density at radius 2 is 1.80 bits per heavy atom. The number of nitrogens with one attached hydrogen (secondary N) is 1. The van der Waals surface area contributed by atoms with E-state index in [0.29, 0.717) is 37.8 Å².